The molecule has 0 saturated carbocycles. The molecule has 0 fully saturated rings. The molecule has 0 aliphatic rings. The lowest BCUT2D eigenvalue weighted by atomic mass is 10.2. The van der Waals surface area contributed by atoms with Crippen LogP contribution in [0.25, 0.3) is 10.2 Å². The maximum absolute atomic E-state index is 12.7. The van der Waals surface area contributed by atoms with Crippen molar-refractivity contribution in [3.63, 3.8) is 0 Å². The smallest absolute Gasteiger partial charge is 0.240 e. The summed E-state index contributed by atoms with van der Waals surface area (Å²) in [7, 11) is -2.24. The lowest BCUT2D eigenvalue weighted by molar-refractivity contribution is 0.466. The summed E-state index contributed by atoms with van der Waals surface area (Å²) in [6.45, 7) is 0.168. The second kappa shape index (κ2) is 6.08. The first-order chi connectivity index (χ1) is 11.0. The number of nitriles is 1. The molecule has 0 bridgehead atoms. The maximum Gasteiger partial charge on any atom is 0.244 e. The Labute approximate surface area is 138 Å². The Morgan fingerprint density at radius 2 is 1.87 bits per heavy atom. The number of sulfonamides is 1. The van der Waals surface area contributed by atoms with Crippen molar-refractivity contribution in [2.45, 2.75) is 11.4 Å². The van der Waals surface area contributed by atoms with Crippen LogP contribution in [0.5, 0.6) is 0 Å². The Hall–Kier alpha value is -2.27. The fourth-order valence-electron chi connectivity index (χ4n) is 2.21. The van der Waals surface area contributed by atoms with Crippen molar-refractivity contribution in [2.75, 3.05) is 7.05 Å². The standard InChI is InChI=1S/C16H13N3O2S2/c1-19(11-16-18-13-7-3-4-8-14(13)22-16)23(20,21)15-9-5-2-6-12(15)10-17/h2-9H,11H2,1H3. The van der Waals surface area contributed by atoms with Crippen LogP contribution in [-0.4, -0.2) is 24.8 Å². The molecule has 0 unspecified atom stereocenters. The van der Waals surface area contributed by atoms with E-state index in [0.717, 1.165) is 10.2 Å². The normalized spacial score (nSPS) is 11.7. The molecular formula is C16H13N3O2S2. The third-order valence-corrected chi connectivity index (χ3v) is 6.27. The van der Waals surface area contributed by atoms with Crippen LogP contribution in [0.15, 0.2) is 53.4 Å². The number of nitrogens with zero attached hydrogens (tertiary/aromatic N) is 3. The Bertz CT molecular complexity index is 970. The van der Waals surface area contributed by atoms with Gasteiger partial charge in [0, 0.05) is 7.05 Å². The van der Waals surface area contributed by atoms with Gasteiger partial charge in [-0.25, -0.2) is 13.4 Å². The molecule has 116 valence electrons. The first kappa shape index (κ1) is 15.6. The lowest BCUT2D eigenvalue weighted by Gasteiger charge is -2.16. The molecule has 3 rings (SSSR count). The zero-order valence-electron chi connectivity index (χ0n) is 12.3. The van der Waals surface area contributed by atoms with Gasteiger partial charge in [0.2, 0.25) is 10.0 Å². The number of benzene rings is 2. The van der Waals surface area contributed by atoms with Gasteiger partial charge in [-0.3, -0.25) is 0 Å². The van der Waals surface area contributed by atoms with E-state index in [2.05, 4.69) is 4.98 Å². The Balaban J connectivity index is 1.92. The second-order valence-corrected chi connectivity index (χ2v) is 8.07. The van der Waals surface area contributed by atoms with Crippen molar-refractivity contribution in [2.24, 2.45) is 0 Å². The summed E-state index contributed by atoms with van der Waals surface area (Å²) in [5, 5.41) is 9.82. The van der Waals surface area contributed by atoms with Gasteiger partial charge in [0.25, 0.3) is 0 Å². The summed E-state index contributed by atoms with van der Waals surface area (Å²) < 4.78 is 27.6. The number of para-hydroxylation sites is 1. The zero-order chi connectivity index (χ0) is 16.4. The summed E-state index contributed by atoms with van der Waals surface area (Å²) in [4.78, 5) is 4.47. The predicted molar refractivity (Wildman–Crippen MR) is 89.4 cm³/mol. The summed E-state index contributed by atoms with van der Waals surface area (Å²) in [5.74, 6) is 0. The largest absolute Gasteiger partial charge is 0.244 e. The van der Waals surface area contributed by atoms with Crippen LogP contribution in [-0.2, 0) is 16.6 Å². The molecule has 0 radical (unpaired) electrons. The summed E-state index contributed by atoms with van der Waals surface area (Å²) >= 11 is 1.46. The molecule has 2 aromatic carbocycles. The number of fused-ring (bicyclic) bond motifs is 1. The average Bonchev–Trinajstić information content (AvgIpc) is 2.96. The number of hydrogen-bond donors (Lipinski definition) is 0. The Kier molecular flexibility index (Phi) is 4.13. The van der Waals surface area contributed by atoms with Gasteiger partial charge < -0.3 is 0 Å². The van der Waals surface area contributed by atoms with E-state index >= 15 is 0 Å². The molecule has 1 aromatic heterocycles. The Morgan fingerprint density at radius 1 is 1.17 bits per heavy atom. The average molecular weight is 343 g/mol. The molecule has 0 aliphatic carbocycles. The van der Waals surface area contributed by atoms with Gasteiger partial charge >= 0.3 is 0 Å². The van der Waals surface area contributed by atoms with Gasteiger partial charge in [-0.1, -0.05) is 24.3 Å². The third kappa shape index (κ3) is 2.97. The van der Waals surface area contributed by atoms with Gasteiger partial charge in [0.1, 0.15) is 11.1 Å². The topological polar surface area (TPSA) is 74.1 Å². The van der Waals surface area contributed by atoms with Gasteiger partial charge in [-0.05, 0) is 24.3 Å². The number of rotatable bonds is 4. The van der Waals surface area contributed by atoms with E-state index < -0.39 is 10.0 Å². The fourth-order valence-corrected chi connectivity index (χ4v) is 4.59. The van der Waals surface area contributed by atoms with E-state index in [0.29, 0.717) is 5.01 Å². The van der Waals surface area contributed by atoms with Crippen molar-refractivity contribution in [1.82, 2.24) is 9.29 Å². The molecule has 0 atom stereocenters. The molecule has 3 aromatic rings. The van der Waals surface area contributed by atoms with Gasteiger partial charge in [0.15, 0.2) is 0 Å². The van der Waals surface area contributed by atoms with E-state index in [4.69, 9.17) is 5.26 Å². The number of aromatic nitrogens is 1. The van der Waals surface area contributed by atoms with Crippen LogP contribution in [0.4, 0.5) is 0 Å². The van der Waals surface area contributed by atoms with E-state index in [1.54, 1.807) is 12.1 Å². The van der Waals surface area contributed by atoms with Crippen molar-refractivity contribution in [3.05, 3.63) is 59.1 Å². The monoisotopic (exact) mass is 343 g/mol. The molecule has 5 nitrogen and oxygen atoms in total. The maximum atomic E-state index is 12.7. The fraction of sp³-hybridized carbons (Fsp3) is 0.125. The van der Waals surface area contributed by atoms with Crippen LogP contribution < -0.4 is 0 Å². The molecule has 0 aliphatic heterocycles. The number of hydrogen-bond acceptors (Lipinski definition) is 5. The van der Waals surface area contributed by atoms with Crippen molar-refractivity contribution >= 4 is 31.6 Å². The van der Waals surface area contributed by atoms with E-state index in [1.807, 2.05) is 30.3 Å². The third-order valence-electron chi connectivity index (χ3n) is 3.39. The van der Waals surface area contributed by atoms with E-state index in [9.17, 15) is 8.42 Å². The minimum absolute atomic E-state index is 0.0195. The SMILES string of the molecule is CN(Cc1nc2ccccc2s1)S(=O)(=O)c1ccccc1C#N. The highest BCUT2D eigenvalue weighted by Gasteiger charge is 2.24. The lowest BCUT2D eigenvalue weighted by Crippen LogP contribution is -2.27. The quantitative estimate of drug-likeness (QED) is 0.730. The van der Waals surface area contributed by atoms with Crippen LogP contribution in [0.2, 0.25) is 0 Å². The minimum Gasteiger partial charge on any atom is -0.240 e. The highest BCUT2D eigenvalue weighted by Crippen LogP contribution is 2.25. The highest BCUT2D eigenvalue weighted by molar-refractivity contribution is 7.89. The molecule has 0 saturated heterocycles. The zero-order valence-corrected chi connectivity index (χ0v) is 13.9. The Morgan fingerprint density at radius 3 is 2.61 bits per heavy atom. The van der Waals surface area contributed by atoms with E-state index in [1.165, 1.54) is 34.8 Å². The second-order valence-electron chi connectivity index (χ2n) is 4.94. The minimum atomic E-state index is -3.74. The molecule has 7 heteroatoms. The molecule has 0 amide bonds. The molecule has 0 spiro atoms. The van der Waals surface area contributed by atoms with Crippen LogP contribution in [0.1, 0.15) is 10.6 Å². The number of thiazole rings is 1. The van der Waals surface area contributed by atoms with Crippen LogP contribution in [0, 0.1) is 11.3 Å². The van der Waals surface area contributed by atoms with Crippen molar-refractivity contribution in [3.8, 4) is 6.07 Å². The summed E-state index contributed by atoms with van der Waals surface area (Å²) in [5.41, 5.74) is 0.999. The van der Waals surface area contributed by atoms with Gasteiger partial charge in [-0.2, -0.15) is 9.57 Å². The summed E-state index contributed by atoms with van der Waals surface area (Å²) in [6.07, 6.45) is 0. The first-order valence-electron chi connectivity index (χ1n) is 6.82. The predicted octanol–water partition coefficient (Wildman–Crippen LogP) is 2.99. The molecule has 0 N–H and O–H groups in total. The first-order valence-corrected chi connectivity index (χ1v) is 9.08. The van der Waals surface area contributed by atoms with Crippen molar-refractivity contribution < 1.29 is 8.42 Å². The van der Waals surface area contributed by atoms with E-state index in [-0.39, 0.29) is 17.0 Å². The molecule has 1 heterocycles. The van der Waals surface area contributed by atoms with Gasteiger partial charge in [-0.15, -0.1) is 11.3 Å². The highest BCUT2D eigenvalue weighted by atomic mass is 32.2. The summed E-state index contributed by atoms with van der Waals surface area (Å²) in [6, 6.07) is 15.8. The van der Waals surface area contributed by atoms with Gasteiger partial charge in [0.05, 0.1) is 27.2 Å². The molecule has 23 heavy (non-hydrogen) atoms. The molecular weight excluding hydrogens is 330 g/mol. The van der Waals surface area contributed by atoms with Crippen molar-refractivity contribution in [1.29, 1.82) is 5.26 Å². The van der Waals surface area contributed by atoms with Crippen LogP contribution in [0.3, 0.4) is 0 Å². The van der Waals surface area contributed by atoms with Crippen LogP contribution >= 0.6 is 11.3 Å².